The first-order chi connectivity index (χ1) is 21.2. The van der Waals surface area contributed by atoms with Crippen molar-refractivity contribution in [2.24, 2.45) is 23.2 Å². The van der Waals surface area contributed by atoms with Gasteiger partial charge in [-0.05, 0) is 117 Å². The SMILES string of the molecule is C[C@H](CCCC(O)c1nccs1)[C@H]1CC[C@H]2/C(=C/C=C3C[C@@H](O[Si](C)(C)C(C)(C)C)C[C@H](O[Si](C)(C)C(C)(C)C)C3)CCC[C@]12C. The molecule has 3 aliphatic carbocycles. The van der Waals surface area contributed by atoms with Crippen LogP contribution in [0.3, 0.4) is 0 Å². The largest absolute Gasteiger partial charge is 0.414 e. The van der Waals surface area contributed by atoms with Gasteiger partial charge in [-0.15, -0.1) is 11.3 Å². The van der Waals surface area contributed by atoms with Gasteiger partial charge < -0.3 is 14.0 Å². The Bertz CT molecular complexity index is 1160. The molecule has 7 heteroatoms. The van der Waals surface area contributed by atoms with E-state index in [4.69, 9.17) is 8.85 Å². The number of nitrogens with zero attached hydrogens (tertiary/aromatic N) is 1. The first-order valence-corrected chi connectivity index (χ1v) is 25.2. The Hall–Kier alpha value is -0.576. The van der Waals surface area contributed by atoms with Gasteiger partial charge in [0.2, 0.25) is 0 Å². The van der Waals surface area contributed by atoms with Crippen molar-refractivity contribution in [2.45, 2.75) is 181 Å². The lowest BCUT2D eigenvalue weighted by atomic mass is 9.60. The molecule has 1 aromatic heterocycles. The molecule has 7 atom stereocenters. The second kappa shape index (κ2) is 14.7. The quantitative estimate of drug-likeness (QED) is 0.235. The van der Waals surface area contributed by atoms with E-state index in [9.17, 15) is 5.11 Å². The zero-order valence-electron chi connectivity index (χ0n) is 31.7. The molecule has 3 fully saturated rings. The Labute approximate surface area is 289 Å². The molecule has 1 aromatic rings. The summed E-state index contributed by atoms with van der Waals surface area (Å²) in [6.07, 6.45) is 19.8. The molecule has 1 heterocycles. The minimum absolute atomic E-state index is 0.204. The summed E-state index contributed by atoms with van der Waals surface area (Å²) in [7, 11) is -3.76. The van der Waals surface area contributed by atoms with Gasteiger partial charge in [-0.3, -0.25) is 0 Å². The lowest BCUT2D eigenvalue weighted by molar-refractivity contribution is 0.0725. The Morgan fingerprint density at radius 1 is 0.978 bits per heavy atom. The smallest absolute Gasteiger partial charge is 0.192 e. The van der Waals surface area contributed by atoms with Gasteiger partial charge in [-0.25, -0.2) is 4.98 Å². The van der Waals surface area contributed by atoms with Gasteiger partial charge in [0.05, 0.1) is 12.2 Å². The Morgan fingerprint density at radius 3 is 2.13 bits per heavy atom. The maximum absolute atomic E-state index is 10.6. The van der Waals surface area contributed by atoms with Crippen LogP contribution in [0.5, 0.6) is 0 Å². The Kier molecular flexibility index (Phi) is 12.2. The summed E-state index contributed by atoms with van der Waals surface area (Å²) in [6.45, 7) is 28.8. The molecule has 3 aliphatic rings. The maximum atomic E-state index is 10.6. The van der Waals surface area contributed by atoms with Crippen molar-refractivity contribution in [1.29, 1.82) is 0 Å². The van der Waals surface area contributed by atoms with E-state index in [0.717, 1.165) is 43.0 Å². The Morgan fingerprint density at radius 2 is 1.59 bits per heavy atom. The van der Waals surface area contributed by atoms with E-state index in [2.05, 4.69) is 98.7 Å². The lowest BCUT2D eigenvalue weighted by Gasteiger charge is -2.45. The van der Waals surface area contributed by atoms with Gasteiger partial charge in [0.1, 0.15) is 11.1 Å². The monoisotopic (exact) mass is 687 g/mol. The number of hydrogen-bond donors (Lipinski definition) is 1. The molecule has 4 nitrogen and oxygen atoms in total. The van der Waals surface area contributed by atoms with E-state index in [1.54, 1.807) is 23.1 Å². The van der Waals surface area contributed by atoms with Crippen molar-refractivity contribution in [2.75, 3.05) is 0 Å². The molecule has 4 rings (SSSR count). The van der Waals surface area contributed by atoms with Crippen LogP contribution in [0.1, 0.15) is 137 Å². The van der Waals surface area contributed by atoms with Gasteiger partial charge in [0.15, 0.2) is 16.6 Å². The molecule has 0 amide bonds. The van der Waals surface area contributed by atoms with Gasteiger partial charge in [-0.2, -0.15) is 0 Å². The zero-order chi connectivity index (χ0) is 34.1. The molecular formula is C39H69NO3SSi2. The number of aromatic nitrogens is 1. The van der Waals surface area contributed by atoms with Crippen LogP contribution < -0.4 is 0 Å². The van der Waals surface area contributed by atoms with Crippen LogP contribution >= 0.6 is 11.3 Å². The highest BCUT2D eigenvalue weighted by atomic mass is 32.1. The molecule has 0 aliphatic heterocycles. The number of aliphatic hydroxyl groups is 1. The molecule has 0 radical (unpaired) electrons. The third-order valence-electron chi connectivity index (χ3n) is 13.2. The summed E-state index contributed by atoms with van der Waals surface area (Å²) in [4.78, 5) is 4.32. The fraction of sp³-hybridized carbons (Fsp3) is 0.821. The number of thiazole rings is 1. The first-order valence-electron chi connectivity index (χ1n) is 18.5. The molecule has 3 saturated carbocycles. The van der Waals surface area contributed by atoms with Crippen molar-refractivity contribution in [3.63, 3.8) is 0 Å². The predicted octanol–water partition coefficient (Wildman–Crippen LogP) is 12.0. The predicted molar refractivity (Wildman–Crippen MR) is 202 cm³/mol. The third-order valence-corrected chi connectivity index (χ3v) is 23.1. The van der Waals surface area contributed by atoms with Crippen molar-refractivity contribution in [1.82, 2.24) is 4.98 Å². The highest BCUT2D eigenvalue weighted by molar-refractivity contribution is 7.09. The summed E-state index contributed by atoms with van der Waals surface area (Å²) in [6, 6.07) is 0. The van der Waals surface area contributed by atoms with Crippen LogP contribution in [-0.2, 0) is 8.85 Å². The number of fused-ring (bicyclic) bond motifs is 1. The molecule has 0 saturated heterocycles. The molecule has 1 unspecified atom stereocenters. The number of allylic oxidation sites excluding steroid dienone is 3. The summed E-state index contributed by atoms with van der Waals surface area (Å²) in [5.41, 5.74) is 3.62. The van der Waals surface area contributed by atoms with Gasteiger partial charge in [0, 0.05) is 11.6 Å². The van der Waals surface area contributed by atoms with E-state index in [1.807, 2.05) is 5.38 Å². The van der Waals surface area contributed by atoms with Crippen LogP contribution in [0.15, 0.2) is 34.9 Å². The van der Waals surface area contributed by atoms with Crippen molar-refractivity contribution in [3.05, 3.63) is 39.9 Å². The summed E-state index contributed by atoms with van der Waals surface area (Å²) in [5.74, 6) is 2.16. The lowest BCUT2D eigenvalue weighted by Crippen LogP contribution is -2.48. The van der Waals surface area contributed by atoms with Gasteiger partial charge >= 0.3 is 0 Å². The average molecular weight is 688 g/mol. The Balaban J connectivity index is 1.47. The van der Waals surface area contributed by atoms with E-state index in [-0.39, 0.29) is 22.3 Å². The number of hydrogen-bond acceptors (Lipinski definition) is 5. The topological polar surface area (TPSA) is 51.6 Å². The minimum Gasteiger partial charge on any atom is -0.414 e. The van der Waals surface area contributed by atoms with Gasteiger partial charge in [0.25, 0.3) is 0 Å². The summed E-state index contributed by atoms with van der Waals surface area (Å²) < 4.78 is 14.2. The summed E-state index contributed by atoms with van der Waals surface area (Å²) >= 11 is 1.57. The van der Waals surface area contributed by atoms with Crippen molar-refractivity contribution < 1.29 is 14.0 Å². The molecule has 1 N–H and O–H groups in total. The maximum Gasteiger partial charge on any atom is 0.192 e. The number of aliphatic hydroxyl groups excluding tert-OH is 1. The minimum atomic E-state index is -1.88. The van der Waals surface area contributed by atoms with Gasteiger partial charge in [-0.1, -0.05) is 91.5 Å². The molecule has 0 bridgehead atoms. The molecule has 262 valence electrons. The summed E-state index contributed by atoms with van der Waals surface area (Å²) in [5, 5.41) is 13.8. The standard InChI is InChI=1S/C39H69NO3SSi2/c1-28(15-13-17-35(41)36-40-23-24-44-36)33-20-21-34-30(16-14-22-39(33,34)8)19-18-29-25-31(42-45(9,10)37(2,3)4)27-32(26-29)43-46(11,12)38(5,6)7/h18-19,23-24,28,31-35,41H,13-17,20-22,25-27H2,1-12H3/b30-19+/t28-,31-,32-,33-,34+,35?,39-/m1/s1. The number of rotatable bonds is 11. The van der Waals surface area contributed by atoms with Crippen LogP contribution in [0.2, 0.25) is 36.3 Å². The molecule has 0 spiro atoms. The molecule has 46 heavy (non-hydrogen) atoms. The fourth-order valence-electron chi connectivity index (χ4n) is 8.43. The third kappa shape index (κ3) is 8.95. The van der Waals surface area contributed by atoms with E-state index < -0.39 is 22.7 Å². The molecular weight excluding hydrogens is 619 g/mol. The highest BCUT2D eigenvalue weighted by Gasteiger charge is 2.50. The van der Waals surface area contributed by atoms with Crippen LogP contribution in [0.25, 0.3) is 0 Å². The van der Waals surface area contributed by atoms with Crippen LogP contribution in [0.4, 0.5) is 0 Å². The average Bonchev–Trinajstić information content (AvgIpc) is 3.58. The zero-order valence-corrected chi connectivity index (χ0v) is 34.5. The molecule has 0 aromatic carbocycles. The highest BCUT2D eigenvalue weighted by Crippen LogP contribution is 2.60. The van der Waals surface area contributed by atoms with E-state index >= 15 is 0 Å². The van der Waals surface area contributed by atoms with Crippen molar-refractivity contribution >= 4 is 28.0 Å². The first kappa shape index (κ1) is 38.2. The van der Waals surface area contributed by atoms with Crippen LogP contribution in [0, 0.1) is 23.2 Å². The van der Waals surface area contributed by atoms with E-state index in [1.165, 1.54) is 44.1 Å². The van der Waals surface area contributed by atoms with Crippen molar-refractivity contribution in [3.8, 4) is 0 Å². The second-order valence-electron chi connectivity index (χ2n) is 18.6. The van der Waals surface area contributed by atoms with Crippen LogP contribution in [-0.4, -0.2) is 38.9 Å². The second-order valence-corrected chi connectivity index (χ2v) is 29.0. The normalized spacial score (nSPS) is 30.4. The van der Waals surface area contributed by atoms with E-state index in [0.29, 0.717) is 17.3 Å². The fourth-order valence-corrected chi connectivity index (χ4v) is 11.8.